The molecule has 0 spiro atoms. The van der Waals surface area contributed by atoms with E-state index in [1.807, 2.05) is 12.1 Å². The number of hydrogen-bond donors (Lipinski definition) is 2. The number of benzene rings is 1. The van der Waals surface area contributed by atoms with E-state index in [1.54, 1.807) is 12.1 Å². The molecule has 0 unspecified atom stereocenters. The molecule has 1 aliphatic heterocycles. The van der Waals surface area contributed by atoms with Crippen molar-refractivity contribution in [1.82, 2.24) is 15.5 Å². The fraction of sp³-hybridized carbons (Fsp3) is 0.474. The Labute approximate surface area is 158 Å². The Morgan fingerprint density at radius 2 is 1.85 bits per heavy atom. The van der Waals surface area contributed by atoms with Crippen LogP contribution in [0.15, 0.2) is 24.3 Å². The van der Waals surface area contributed by atoms with Gasteiger partial charge in [-0.1, -0.05) is 32.9 Å². The minimum Gasteiger partial charge on any atom is -0.454 e. The number of nitrogens with one attached hydrogen (secondary N) is 2. The van der Waals surface area contributed by atoms with Gasteiger partial charge in [-0.3, -0.25) is 14.5 Å². The van der Waals surface area contributed by atoms with Crippen LogP contribution in [0.4, 0.5) is 4.79 Å². The van der Waals surface area contributed by atoms with E-state index in [9.17, 15) is 19.2 Å². The zero-order chi connectivity index (χ0) is 20.2. The van der Waals surface area contributed by atoms with Crippen LogP contribution in [0.5, 0.6) is 0 Å². The van der Waals surface area contributed by atoms with Crippen molar-refractivity contribution in [2.24, 2.45) is 0 Å². The lowest BCUT2D eigenvalue weighted by atomic mass is 9.86. The highest BCUT2D eigenvalue weighted by Gasteiger charge is 2.27. The summed E-state index contributed by atoms with van der Waals surface area (Å²) in [7, 11) is 0. The van der Waals surface area contributed by atoms with Crippen molar-refractivity contribution in [1.29, 1.82) is 0 Å². The molecule has 1 aromatic rings. The van der Waals surface area contributed by atoms with Gasteiger partial charge in [-0.15, -0.1) is 0 Å². The number of carbonyl (C=O) groups excluding carboxylic acids is 4. The molecule has 8 heteroatoms. The summed E-state index contributed by atoms with van der Waals surface area (Å²) < 4.78 is 4.90. The van der Waals surface area contributed by atoms with Crippen LogP contribution < -0.4 is 10.6 Å². The second-order valence-electron chi connectivity index (χ2n) is 7.41. The summed E-state index contributed by atoms with van der Waals surface area (Å²) in [5.41, 5.74) is 1.49. The average Bonchev–Trinajstić information content (AvgIpc) is 3.04. The van der Waals surface area contributed by atoms with Gasteiger partial charge in [0.2, 0.25) is 0 Å². The zero-order valence-corrected chi connectivity index (χ0v) is 16.0. The Hall–Kier alpha value is -2.90. The first-order valence-corrected chi connectivity index (χ1v) is 8.76. The van der Waals surface area contributed by atoms with E-state index in [0.717, 1.165) is 10.5 Å². The summed E-state index contributed by atoms with van der Waals surface area (Å²) in [5, 5.41) is 5.03. The van der Waals surface area contributed by atoms with Crippen molar-refractivity contribution in [3.63, 3.8) is 0 Å². The minimum atomic E-state index is -0.931. The van der Waals surface area contributed by atoms with E-state index >= 15 is 0 Å². The lowest BCUT2D eigenvalue weighted by Crippen LogP contribution is -2.42. The van der Waals surface area contributed by atoms with Gasteiger partial charge in [-0.05, 0) is 30.0 Å². The number of urea groups is 1. The standard InChI is InChI=1S/C19H25N3O5/c1-12(17(25)27-11-15(23)22-10-9-20-18(22)26)21-16(24)13-5-7-14(8-6-13)19(2,3)4/h5-8,12H,9-11H2,1-4H3,(H,20,26)(H,21,24)/t12-/m0/s1. The Kier molecular flexibility index (Phi) is 6.20. The third kappa shape index (κ3) is 5.29. The topological polar surface area (TPSA) is 105 Å². The molecule has 1 heterocycles. The Balaban J connectivity index is 1.85. The van der Waals surface area contributed by atoms with E-state index in [1.165, 1.54) is 6.92 Å². The molecule has 8 nitrogen and oxygen atoms in total. The van der Waals surface area contributed by atoms with Crippen molar-refractivity contribution < 1.29 is 23.9 Å². The highest BCUT2D eigenvalue weighted by Crippen LogP contribution is 2.22. The molecule has 4 amide bonds. The van der Waals surface area contributed by atoms with Gasteiger partial charge in [0.15, 0.2) is 6.61 Å². The number of rotatable bonds is 5. The Bertz CT molecular complexity index is 737. The Morgan fingerprint density at radius 3 is 2.37 bits per heavy atom. The molecule has 0 aliphatic carbocycles. The monoisotopic (exact) mass is 375 g/mol. The molecule has 0 radical (unpaired) electrons. The van der Waals surface area contributed by atoms with Gasteiger partial charge in [0, 0.05) is 18.7 Å². The Morgan fingerprint density at radius 1 is 1.22 bits per heavy atom. The van der Waals surface area contributed by atoms with Gasteiger partial charge in [-0.2, -0.15) is 0 Å². The second kappa shape index (κ2) is 8.20. The summed E-state index contributed by atoms with van der Waals surface area (Å²) in [4.78, 5) is 48.5. The molecule has 146 valence electrons. The highest BCUT2D eigenvalue weighted by molar-refractivity contribution is 5.98. The van der Waals surface area contributed by atoms with E-state index < -0.39 is 36.5 Å². The molecule has 2 N–H and O–H groups in total. The molecule has 1 saturated heterocycles. The van der Waals surface area contributed by atoms with Crippen LogP contribution in [0, 0.1) is 0 Å². The summed E-state index contributed by atoms with van der Waals surface area (Å²) in [6, 6.07) is 5.71. The van der Waals surface area contributed by atoms with Crippen LogP contribution in [0.25, 0.3) is 0 Å². The smallest absolute Gasteiger partial charge is 0.328 e. The molecule has 1 aliphatic rings. The van der Waals surface area contributed by atoms with E-state index in [2.05, 4.69) is 31.4 Å². The normalized spacial score (nSPS) is 15.1. The predicted octanol–water partition coefficient (Wildman–Crippen LogP) is 1.20. The van der Waals surface area contributed by atoms with E-state index in [0.29, 0.717) is 12.1 Å². The predicted molar refractivity (Wildman–Crippen MR) is 98.1 cm³/mol. The van der Waals surface area contributed by atoms with Crippen LogP contribution >= 0.6 is 0 Å². The minimum absolute atomic E-state index is 0.0229. The quantitative estimate of drug-likeness (QED) is 0.753. The van der Waals surface area contributed by atoms with Crippen molar-refractivity contribution in [3.8, 4) is 0 Å². The van der Waals surface area contributed by atoms with Gasteiger partial charge in [-0.25, -0.2) is 9.59 Å². The van der Waals surface area contributed by atoms with Crippen LogP contribution in [-0.2, 0) is 19.7 Å². The molecule has 2 rings (SSSR count). The SMILES string of the molecule is C[C@H](NC(=O)c1ccc(C(C)(C)C)cc1)C(=O)OCC(=O)N1CCNC1=O. The lowest BCUT2D eigenvalue weighted by molar-refractivity contribution is -0.152. The number of esters is 1. The number of carbonyl (C=O) groups is 4. The van der Waals surface area contributed by atoms with Crippen LogP contribution in [0.3, 0.4) is 0 Å². The molecule has 1 aromatic carbocycles. The number of amides is 4. The summed E-state index contributed by atoms with van der Waals surface area (Å²) in [6.07, 6.45) is 0. The summed E-state index contributed by atoms with van der Waals surface area (Å²) in [6.45, 7) is 7.77. The fourth-order valence-electron chi connectivity index (χ4n) is 2.51. The molecular weight excluding hydrogens is 350 g/mol. The van der Waals surface area contributed by atoms with Crippen LogP contribution in [0.2, 0.25) is 0 Å². The maximum absolute atomic E-state index is 12.3. The first-order valence-electron chi connectivity index (χ1n) is 8.76. The van der Waals surface area contributed by atoms with Crippen LogP contribution in [0.1, 0.15) is 43.6 Å². The molecular formula is C19H25N3O5. The first-order chi connectivity index (χ1) is 12.6. The third-order valence-corrected chi connectivity index (χ3v) is 4.21. The number of hydrogen-bond acceptors (Lipinski definition) is 5. The van der Waals surface area contributed by atoms with E-state index in [-0.39, 0.29) is 12.0 Å². The van der Waals surface area contributed by atoms with Crippen molar-refractivity contribution in [2.75, 3.05) is 19.7 Å². The summed E-state index contributed by atoms with van der Waals surface area (Å²) in [5.74, 6) is -1.76. The number of imide groups is 1. The third-order valence-electron chi connectivity index (χ3n) is 4.21. The maximum Gasteiger partial charge on any atom is 0.328 e. The van der Waals surface area contributed by atoms with Crippen LogP contribution in [-0.4, -0.2) is 54.5 Å². The molecule has 0 saturated carbocycles. The molecule has 0 bridgehead atoms. The van der Waals surface area contributed by atoms with Crippen molar-refractivity contribution >= 4 is 23.8 Å². The highest BCUT2D eigenvalue weighted by atomic mass is 16.5. The van der Waals surface area contributed by atoms with Gasteiger partial charge < -0.3 is 15.4 Å². The number of nitrogens with zero attached hydrogens (tertiary/aromatic N) is 1. The fourth-order valence-corrected chi connectivity index (χ4v) is 2.51. The van der Waals surface area contributed by atoms with Gasteiger partial charge in [0.25, 0.3) is 11.8 Å². The molecule has 1 fully saturated rings. The second-order valence-corrected chi connectivity index (χ2v) is 7.41. The lowest BCUT2D eigenvalue weighted by Gasteiger charge is -2.19. The maximum atomic E-state index is 12.3. The van der Waals surface area contributed by atoms with E-state index in [4.69, 9.17) is 4.74 Å². The summed E-state index contributed by atoms with van der Waals surface area (Å²) >= 11 is 0. The van der Waals surface area contributed by atoms with Gasteiger partial charge in [0.05, 0.1) is 0 Å². The number of ether oxygens (including phenoxy) is 1. The zero-order valence-electron chi connectivity index (χ0n) is 16.0. The first kappa shape index (κ1) is 20.4. The van der Waals surface area contributed by atoms with Crippen molar-refractivity contribution in [3.05, 3.63) is 35.4 Å². The largest absolute Gasteiger partial charge is 0.454 e. The van der Waals surface area contributed by atoms with Gasteiger partial charge in [0.1, 0.15) is 6.04 Å². The average molecular weight is 375 g/mol. The van der Waals surface area contributed by atoms with Crippen molar-refractivity contribution in [2.45, 2.75) is 39.2 Å². The molecule has 1 atom stereocenters. The molecule has 27 heavy (non-hydrogen) atoms. The van der Waals surface area contributed by atoms with Gasteiger partial charge >= 0.3 is 12.0 Å². The molecule has 0 aromatic heterocycles.